The molecule has 2 aromatic heterocycles. The van der Waals surface area contributed by atoms with Crippen molar-refractivity contribution in [3.63, 3.8) is 0 Å². The lowest BCUT2D eigenvalue weighted by Gasteiger charge is -2.24. The Morgan fingerprint density at radius 1 is 1.14 bits per heavy atom. The van der Waals surface area contributed by atoms with Crippen LogP contribution >= 0.6 is 34.5 Å². The average Bonchev–Trinajstić information content (AvgIpc) is 3.48. The Hall–Kier alpha value is -3.59. The topological polar surface area (TPSA) is 83.0 Å². The number of nitrogens with zero attached hydrogens (tertiary/aromatic N) is 2. The summed E-state index contributed by atoms with van der Waals surface area (Å²) in [6.45, 7) is 1.87. The van der Waals surface area contributed by atoms with Crippen molar-refractivity contribution in [2.45, 2.75) is 19.6 Å². The lowest BCUT2D eigenvalue weighted by atomic mass is 9.96. The Morgan fingerprint density at radius 2 is 1.92 bits per heavy atom. The molecule has 0 saturated heterocycles. The van der Waals surface area contributed by atoms with Gasteiger partial charge in [-0.05, 0) is 36.8 Å². The van der Waals surface area contributed by atoms with E-state index in [1.165, 1.54) is 23.0 Å². The molecule has 10 heteroatoms. The first-order valence-electron chi connectivity index (χ1n) is 11.2. The maximum atomic E-state index is 13.6. The number of furan rings is 1. The molecule has 1 aliphatic heterocycles. The molecule has 1 unspecified atom stereocenters. The number of methoxy groups -OCH3 is 1. The van der Waals surface area contributed by atoms with Gasteiger partial charge in [-0.15, -0.1) is 0 Å². The predicted molar refractivity (Wildman–Crippen MR) is 142 cm³/mol. The van der Waals surface area contributed by atoms with Gasteiger partial charge in [0, 0.05) is 6.08 Å². The molecule has 4 aromatic rings. The number of carbonyl (C=O) groups is 1. The number of hydrogen-bond donors (Lipinski definition) is 0. The number of hydrogen-bond acceptors (Lipinski definition) is 7. The molecule has 3 heterocycles. The molecule has 37 heavy (non-hydrogen) atoms. The molecule has 0 aliphatic carbocycles. The molecule has 2 aromatic carbocycles. The second-order valence-electron chi connectivity index (χ2n) is 8.13. The van der Waals surface area contributed by atoms with Crippen LogP contribution in [0.5, 0.6) is 5.75 Å². The van der Waals surface area contributed by atoms with Crippen LogP contribution in [0.25, 0.3) is 6.08 Å². The van der Waals surface area contributed by atoms with Gasteiger partial charge in [0.25, 0.3) is 5.56 Å². The standard InChI is InChI=1S/C27H20Cl2N2O5S/c1-15-22(26(33)34-2)24(16-7-4-3-5-8-16)31-25(32)21(37-27(31)30-15)13-17-11-12-18(36-17)14-35-20-10-6-9-19(28)23(20)29/h3-13,24H,14H2,1-2H3. The number of aromatic nitrogens is 1. The van der Waals surface area contributed by atoms with E-state index < -0.39 is 12.0 Å². The largest absolute Gasteiger partial charge is 0.484 e. The highest BCUT2D eigenvalue weighted by Crippen LogP contribution is 2.32. The molecule has 0 fully saturated rings. The molecule has 1 atom stereocenters. The summed E-state index contributed by atoms with van der Waals surface area (Å²) in [7, 11) is 1.31. The molecule has 0 saturated carbocycles. The van der Waals surface area contributed by atoms with Gasteiger partial charge >= 0.3 is 5.97 Å². The van der Waals surface area contributed by atoms with Gasteiger partial charge in [0.15, 0.2) is 4.80 Å². The van der Waals surface area contributed by atoms with Crippen LogP contribution in [-0.2, 0) is 16.1 Å². The Morgan fingerprint density at radius 3 is 2.68 bits per heavy atom. The van der Waals surface area contributed by atoms with Crippen molar-refractivity contribution >= 4 is 46.6 Å². The molecule has 0 radical (unpaired) electrons. The Labute approximate surface area is 225 Å². The smallest absolute Gasteiger partial charge is 0.338 e. The van der Waals surface area contributed by atoms with Gasteiger partial charge in [0.2, 0.25) is 0 Å². The monoisotopic (exact) mass is 554 g/mol. The van der Waals surface area contributed by atoms with Gasteiger partial charge in [-0.1, -0.05) is 70.9 Å². The predicted octanol–water partition coefficient (Wildman–Crippen LogP) is 4.89. The van der Waals surface area contributed by atoms with E-state index in [2.05, 4.69) is 4.99 Å². The summed E-state index contributed by atoms with van der Waals surface area (Å²) in [6.07, 6.45) is 1.65. The van der Waals surface area contributed by atoms with E-state index >= 15 is 0 Å². The van der Waals surface area contributed by atoms with E-state index in [4.69, 9.17) is 37.1 Å². The van der Waals surface area contributed by atoms with Crippen molar-refractivity contribution < 1.29 is 18.7 Å². The molecule has 0 bridgehead atoms. The zero-order chi connectivity index (χ0) is 26.1. The number of carbonyl (C=O) groups excluding carboxylic acids is 1. The number of rotatable bonds is 6. The van der Waals surface area contributed by atoms with Crippen molar-refractivity contribution in [2.75, 3.05) is 7.11 Å². The second kappa shape index (κ2) is 10.4. The van der Waals surface area contributed by atoms with Gasteiger partial charge in [0.1, 0.15) is 28.9 Å². The summed E-state index contributed by atoms with van der Waals surface area (Å²) in [5.41, 5.74) is 1.32. The maximum Gasteiger partial charge on any atom is 0.338 e. The number of benzene rings is 2. The lowest BCUT2D eigenvalue weighted by molar-refractivity contribution is -0.136. The van der Waals surface area contributed by atoms with Gasteiger partial charge in [0.05, 0.1) is 34.0 Å². The quantitative estimate of drug-likeness (QED) is 0.317. The zero-order valence-electron chi connectivity index (χ0n) is 19.7. The van der Waals surface area contributed by atoms with Gasteiger partial charge in [-0.3, -0.25) is 9.36 Å². The van der Waals surface area contributed by atoms with Gasteiger partial charge < -0.3 is 13.9 Å². The van der Waals surface area contributed by atoms with Crippen molar-refractivity contribution in [1.82, 2.24) is 4.57 Å². The van der Waals surface area contributed by atoms with Crippen LogP contribution in [-0.4, -0.2) is 17.6 Å². The van der Waals surface area contributed by atoms with E-state index in [1.807, 2.05) is 30.3 Å². The highest BCUT2D eigenvalue weighted by atomic mass is 35.5. The summed E-state index contributed by atoms with van der Waals surface area (Å²) in [6, 6.07) is 17.3. The van der Waals surface area contributed by atoms with Crippen LogP contribution in [0.4, 0.5) is 0 Å². The minimum Gasteiger partial charge on any atom is -0.484 e. The van der Waals surface area contributed by atoms with Crippen LogP contribution in [0.1, 0.15) is 30.0 Å². The number of halogens is 2. The molecule has 1 aliphatic rings. The van der Waals surface area contributed by atoms with E-state index in [9.17, 15) is 9.59 Å². The summed E-state index contributed by atoms with van der Waals surface area (Å²) in [5, 5.41) is 0.723. The third-order valence-corrected chi connectivity index (χ3v) is 7.57. The van der Waals surface area contributed by atoms with Crippen LogP contribution < -0.4 is 19.6 Å². The zero-order valence-corrected chi connectivity index (χ0v) is 22.1. The summed E-state index contributed by atoms with van der Waals surface area (Å²) in [4.78, 5) is 31.3. The minimum absolute atomic E-state index is 0.130. The molecular weight excluding hydrogens is 535 g/mol. The molecular formula is C27H20Cl2N2O5S. The van der Waals surface area contributed by atoms with Crippen molar-refractivity contribution in [3.05, 3.63) is 119 Å². The van der Waals surface area contributed by atoms with Crippen LogP contribution in [0.15, 0.2) is 86.1 Å². The third-order valence-electron chi connectivity index (χ3n) is 5.78. The summed E-state index contributed by atoms with van der Waals surface area (Å²) in [5.74, 6) is 0.931. The number of allylic oxidation sites excluding steroid dienone is 1. The molecule has 188 valence electrons. The fraction of sp³-hybridized carbons (Fsp3) is 0.148. The normalized spacial score (nSPS) is 15.4. The highest BCUT2D eigenvalue weighted by molar-refractivity contribution is 7.07. The van der Waals surface area contributed by atoms with Crippen LogP contribution in [0, 0.1) is 0 Å². The maximum absolute atomic E-state index is 13.6. The first-order chi connectivity index (χ1) is 17.9. The van der Waals surface area contributed by atoms with Crippen LogP contribution in [0.3, 0.4) is 0 Å². The molecule has 0 amide bonds. The third kappa shape index (κ3) is 4.87. The van der Waals surface area contributed by atoms with E-state index in [0.29, 0.717) is 47.9 Å². The van der Waals surface area contributed by atoms with E-state index in [1.54, 1.807) is 43.3 Å². The molecule has 5 rings (SSSR count). The van der Waals surface area contributed by atoms with E-state index in [0.717, 1.165) is 5.56 Å². The summed E-state index contributed by atoms with van der Waals surface area (Å²) < 4.78 is 18.6. The Kier molecular flexibility index (Phi) is 7.06. The minimum atomic E-state index is -0.657. The molecule has 7 nitrogen and oxygen atoms in total. The number of fused-ring (bicyclic) bond motifs is 1. The fourth-order valence-electron chi connectivity index (χ4n) is 4.07. The first-order valence-corrected chi connectivity index (χ1v) is 12.8. The summed E-state index contributed by atoms with van der Waals surface area (Å²) >= 11 is 13.4. The number of thiazole rings is 1. The first kappa shape index (κ1) is 25.1. The average molecular weight is 555 g/mol. The lowest BCUT2D eigenvalue weighted by Crippen LogP contribution is -2.39. The fourth-order valence-corrected chi connectivity index (χ4v) is 5.44. The molecule has 0 N–H and O–H groups in total. The second-order valence-corrected chi connectivity index (χ2v) is 9.92. The van der Waals surface area contributed by atoms with Crippen molar-refractivity contribution in [3.8, 4) is 5.75 Å². The number of ether oxygens (including phenoxy) is 2. The SMILES string of the molecule is COC(=O)C1=C(C)N=c2sc(=Cc3ccc(COc4cccc(Cl)c4Cl)o3)c(=O)n2C1c1ccccc1. The van der Waals surface area contributed by atoms with Crippen molar-refractivity contribution in [2.24, 2.45) is 4.99 Å². The Bertz CT molecular complexity index is 1700. The van der Waals surface area contributed by atoms with E-state index in [-0.39, 0.29) is 12.2 Å². The Balaban J connectivity index is 1.50. The van der Waals surface area contributed by atoms with Gasteiger partial charge in [-0.2, -0.15) is 0 Å². The number of esters is 1. The van der Waals surface area contributed by atoms with Crippen molar-refractivity contribution in [1.29, 1.82) is 0 Å². The highest BCUT2D eigenvalue weighted by Gasteiger charge is 2.32. The molecule has 0 spiro atoms. The van der Waals surface area contributed by atoms with Gasteiger partial charge in [-0.25, -0.2) is 9.79 Å². The van der Waals surface area contributed by atoms with Crippen LogP contribution in [0.2, 0.25) is 10.0 Å².